The Morgan fingerprint density at radius 2 is 1.96 bits per heavy atom. The van der Waals surface area contributed by atoms with Crippen LogP contribution >= 0.6 is 11.8 Å². The molecule has 0 aliphatic heterocycles. The van der Waals surface area contributed by atoms with Crippen LogP contribution in [0.15, 0.2) is 34.3 Å². The van der Waals surface area contributed by atoms with Gasteiger partial charge in [0.15, 0.2) is 6.29 Å². The topological polar surface area (TPSA) is 40.9 Å². The molecule has 0 saturated carbocycles. The molecular formula is C20H33NOS. The molecule has 130 valence electrons. The lowest BCUT2D eigenvalue weighted by molar-refractivity contribution is -0.104. The van der Waals surface area contributed by atoms with Crippen LogP contribution in [0.3, 0.4) is 0 Å². The Morgan fingerprint density at radius 1 is 1.26 bits per heavy atom. The van der Waals surface area contributed by atoms with Crippen molar-refractivity contribution in [3.8, 4) is 0 Å². The Bertz CT molecular complexity index is 460. The highest BCUT2D eigenvalue weighted by molar-refractivity contribution is 8.17. The molecule has 23 heavy (non-hydrogen) atoms. The third-order valence-electron chi connectivity index (χ3n) is 3.80. The van der Waals surface area contributed by atoms with Gasteiger partial charge in [-0.05, 0) is 50.2 Å². The minimum absolute atomic E-state index is 0.589. The molecule has 0 aliphatic rings. The van der Waals surface area contributed by atoms with E-state index in [1.807, 2.05) is 26.0 Å². The first-order valence-electron chi connectivity index (χ1n) is 8.74. The van der Waals surface area contributed by atoms with E-state index in [1.165, 1.54) is 24.6 Å². The molecule has 0 radical (unpaired) electrons. The average molecular weight is 336 g/mol. The lowest BCUT2D eigenvalue weighted by Gasteiger charge is -2.11. The van der Waals surface area contributed by atoms with E-state index in [0.29, 0.717) is 9.95 Å². The molecule has 1 N–H and O–H groups in total. The molecule has 0 bridgehead atoms. The van der Waals surface area contributed by atoms with Gasteiger partial charge in [0, 0.05) is 0 Å². The first-order chi connectivity index (χ1) is 11.0. The largest absolute Gasteiger partial charge is 0.298 e. The monoisotopic (exact) mass is 335 g/mol. The summed E-state index contributed by atoms with van der Waals surface area (Å²) in [4.78, 5) is 12.1. The van der Waals surface area contributed by atoms with E-state index in [2.05, 4.69) is 26.8 Å². The SMILES string of the molecule is C\C=C/C(=C\CC)C(/C)=C(\C=O)SC(=N)CCCC(C)CCC. The van der Waals surface area contributed by atoms with Crippen molar-refractivity contribution in [3.05, 3.63) is 34.3 Å². The van der Waals surface area contributed by atoms with Crippen LogP contribution in [-0.2, 0) is 4.79 Å². The second kappa shape index (κ2) is 13.4. The van der Waals surface area contributed by atoms with Crippen LogP contribution in [0.25, 0.3) is 0 Å². The number of thioether (sulfide) groups is 1. The van der Waals surface area contributed by atoms with E-state index >= 15 is 0 Å². The average Bonchev–Trinajstić information content (AvgIpc) is 2.52. The standard InChI is InChI=1S/C20H33NOS/c1-6-10-16(4)13-9-14-20(21)23-19(15-22)17(5)18(11-7-2)12-8-3/h7,11-12,15-16,21H,6,8-10,13-14H2,1-5H3/b11-7-,18-12+,19-17+,21-20?. The Labute approximate surface area is 147 Å². The highest BCUT2D eigenvalue weighted by atomic mass is 32.2. The van der Waals surface area contributed by atoms with Gasteiger partial charge < -0.3 is 0 Å². The Hall–Kier alpha value is -1.09. The highest BCUT2D eigenvalue weighted by Crippen LogP contribution is 2.27. The van der Waals surface area contributed by atoms with E-state index < -0.39 is 0 Å². The van der Waals surface area contributed by atoms with Crippen LogP contribution in [0.4, 0.5) is 0 Å². The Balaban J connectivity index is 4.73. The molecule has 0 saturated heterocycles. The zero-order chi connectivity index (χ0) is 17.7. The third kappa shape index (κ3) is 9.60. The zero-order valence-corrected chi connectivity index (χ0v) is 16.3. The number of carbonyl (C=O) groups is 1. The molecule has 0 aromatic heterocycles. The number of allylic oxidation sites excluding steroid dienone is 6. The van der Waals surface area contributed by atoms with E-state index in [4.69, 9.17) is 5.41 Å². The summed E-state index contributed by atoms with van der Waals surface area (Å²) in [6.45, 7) is 10.5. The van der Waals surface area contributed by atoms with Gasteiger partial charge in [-0.25, -0.2) is 0 Å². The highest BCUT2D eigenvalue weighted by Gasteiger charge is 2.10. The van der Waals surface area contributed by atoms with Gasteiger partial charge in [-0.3, -0.25) is 10.2 Å². The third-order valence-corrected chi connectivity index (χ3v) is 4.87. The number of rotatable bonds is 11. The molecule has 3 heteroatoms. The first kappa shape index (κ1) is 21.9. The van der Waals surface area contributed by atoms with Crippen LogP contribution in [0.2, 0.25) is 0 Å². The minimum atomic E-state index is 0.589. The molecule has 0 aromatic rings. The molecule has 1 unspecified atom stereocenters. The van der Waals surface area contributed by atoms with Gasteiger partial charge in [0.05, 0.1) is 9.95 Å². The fraction of sp³-hybridized carbons (Fsp3) is 0.600. The number of carbonyl (C=O) groups excluding carboxylic acids is 1. The van der Waals surface area contributed by atoms with E-state index in [0.717, 1.165) is 49.0 Å². The van der Waals surface area contributed by atoms with Crippen LogP contribution in [0.1, 0.15) is 73.1 Å². The fourth-order valence-corrected chi connectivity index (χ4v) is 3.34. The maximum Gasteiger partial charge on any atom is 0.157 e. The predicted octanol–water partition coefficient (Wildman–Crippen LogP) is 6.69. The molecule has 0 aromatic carbocycles. The van der Waals surface area contributed by atoms with Crippen molar-refractivity contribution in [1.82, 2.24) is 0 Å². The lowest BCUT2D eigenvalue weighted by atomic mass is 9.99. The maximum atomic E-state index is 11.4. The maximum absolute atomic E-state index is 11.4. The van der Waals surface area contributed by atoms with Gasteiger partial charge in [-0.1, -0.05) is 70.0 Å². The summed E-state index contributed by atoms with van der Waals surface area (Å²) in [7, 11) is 0. The van der Waals surface area contributed by atoms with Crippen LogP contribution in [-0.4, -0.2) is 11.3 Å². The summed E-state index contributed by atoms with van der Waals surface area (Å²) in [5, 5.41) is 8.73. The summed E-state index contributed by atoms with van der Waals surface area (Å²) in [6, 6.07) is 0. The normalized spacial score (nSPS) is 14.7. The molecule has 1 atom stereocenters. The van der Waals surface area contributed by atoms with Crippen molar-refractivity contribution in [3.63, 3.8) is 0 Å². The van der Waals surface area contributed by atoms with E-state index in [1.54, 1.807) is 0 Å². The number of aldehydes is 1. The summed E-state index contributed by atoms with van der Waals surface area (Å²) in [6.07, 6.45) is 13.4. The van der Waals surface area contributed by atoms with Crippen LogP contribution in [0.5, 0.6) is 0 Å². The van der Waals surface area contributed by atoms with Crippen molar-refractivity contribution < 1.29 is 4.79 Å². The molecule has 0 spiro atoms. The molecule has 0 rings (SSSR count). The first-order valence-corrected chi connectivity index (χ1v) is 9.56. The van der Waals surface area contributed by atoms with Crippen molar-refractivity contribution in [2.24, 2.45) is 5.92 Å². The van der Waals surface area contributed by atoms with E-state index in [-0.39, 0.29) is 0 Å². The quantitative estimate of drug-likeness (QED) is 0.150. The summed E-state index contributed by atoms with van der Waals surface area (Å²) in [5.74, 6) is 0.731. The lowest BCUT2D eigenvalue weighted by Crippen LogP contribution is -1.99. The molecule has 0 amide bonds. The second-order valence-corrected chi connectivity index (χ2v) is 7.12. The smallest absolute Gasteiger partial charge is 0.157 e. The summed E-state index contributed by atoms with van der Waals surface area (Å²) in [5.41, 5.74) is 2.04. The van der Waals surface area contributed by atoms with Crippen molar-refractivity contribution in [2.45, 2.75) is 73.1 Å². The van der Waals surface area contributed by atoms with Gasteiger partial charge in [0.1, 0.15) is 0 Å². The zero-order valence-electron chi connectivity index (χ0n) is 15.4. The fourth-order valence-electron chi connectivity index (χ4n) is 2.51. The Morgan fingerprint density at radius 3 is 2.48 bits per heavy atom. The van der Waals surface area contributed by atoms with E-state index in [9.17, 15) is 4.79 Å². The van der Waals surface area contributed by atoms with Crippen LogP contribution in [0, 0.1) is 11.3 Å². The Kier molecular flexibility index (Phi) is 12.7. The molecular weight excluding hydrogens is 302 g/mol. The van der Waals surface area contributed by atoms with Crippen molar-refractivity contribution in [1.29, 1.82) is 5.41 Å². The van der Waals surface area contributed by atoms with Gasteiger partial charge >= 0.3 is 0 Å². The second-order valence-electron chi connectivity index (χ2n) is 5.99. The molecule has 0 aliphatic carbocycles. The molecule has 0 heterocycles. The van der Waals surface area contributed by atoms with Crippen molar-refractivity contribution >= 4 is 23.1 Å². The summed E-state index contributed by atoms with van der Waals surface area (Å²) < 4.78 is 0. The predicted molar refractivity (Wildman–Crippen MR) is 105 cm³/mol. The number of hydrogen-bond donors (Lipinski definition) is 1. The van der Waals surface area contributed by atoms with Gasteiger partial charge in [0.25, 0.3) is 0 Å². The summed E-state index contributed by atoms with van der Waals surface area (Å²) >= 11 is 1.32. The van der Waals surface area contributed by atoms with Crippen LogP contribution < -0.4 is 0 Å². The minimum Gasteiger partial charge on any atom is -0.298 e. The molecule has 0 fully saturated rings. The molecule has 2 nitrogen and oxygen atoms in total. The van der Waals surface area contributed by atoms with Crippen molar-refractivity contribution in [2.75, 3.05) is 0 Å². The van der Waals surface area contributed by atoms with Gasteiger partial charge in [-0.15, -0.1) is 0 Å². The number of hydrogen-bond acceptors (Lipinski definition) is 3. The number of nitrogens with one attached hydrogen (secondary N) is 1. The van der Waals surface area contributed by atoms with Gasteiger partial charge in [-0.2, -0.15) is 0 Å². The van der Waals surface area contributed by atoms with Gasteiger partial charge in [0.2, 0.25) is 0 Å².